The predicted octanol–water partition coefficient (Wildman–Crippen LogP) is 2.79. The van der Waals surface area contributed by atoms with Crippen molar-refractivity contribution in [3.63, 3.8) is 0 Å². The van der Waals surface area contributed by atoms with Crippen LogP contribution in [0.15, 0.2) is 23.1 Å². The van der Waals surface area contributed by atoms with Crippen LogP contribution in [0.25, 0.3) is 0 Å². The first-order valence-corrected chi connectivity index (χ1v) is 6.00. The van der Waals surface area contributed by atoms with E-state index in [9.17, 15) is 4.79 Å². The number of hydrogen-bond donors (Lipinski definition) is 2. The lowest BCUT2D eigenvalue weighted by atomic mass is 10.1. The summed E-state index contributed by atoms with van der Waals surface area (Å²) in [6.07, 6.45) is 0. The number of aromatic carboxylic acids is 1. The van der Waals surface area contributed by atoms with Gasteiger partial charge in [-0.2, -0.15) is 0 Å². The molecule has 0 amide bonds. The van der Waals surface area contributed by atoms with Gasteiger partial charge in [-0.3, -0.25) is 4.72 Å². The Morgan fingerprint density at radius 1 is 1.41 bits per heavy atom. The van der Waals surface area contributed by atoms with Crippen LogP contribution in [-0.2, 0) is 0 Å². The second-order valence-electron chi connectivity index (χ2n) is 4.62. The Bertz CT molecular complexity index is 413. The van der Waals surface area contributed by atoms with E-state index in [-0.39, 0.29) is 11.1 Å². The van der Waals surface area contributed by atoms with Gasteiger partial charge in [0, 0.05) is 5.54 Å². The van der Waals surface area contributed by atoms with Crippen LogP contribution in [0, 0.1) is 0 Å². The molecule has 2 N–H and O–H groups in total. The van der Waals surface area contributed by atoms with Gasteiger partial charge in [0.05, 0.1) is 17.6 Å². The SMILES string of the molecule is COc1cc(C(=O)O)ccc1SNC(C)(C)C. The van der Waals surface area contributed by atoms with E-state index in [0.29, 0.717) is 5.75 Å². The third-order valence-electron chi connectivity index (χ3n) is 1.88. The van der Waals surface area contributed by atoms with Crippen LogP contribution in [0.4, 0.5) is 0 Å². The normalized spacial score (nSPS) is 11.3. The zero-order chi connectivity index (χ0) is 13.1. The van der Waals surface area contributed by atoms with Gasteiger partial charge in [0.15, 0.2) is 0 Å². The van der Waals surface area contributed by atoms with E-state index < -0.39 is 5.97 Å². The van der Waals surface area contributed by atoms with Crippen LogP contribution in [0.3, 0.4) is 0 Å². The highest BCUT2D eigenvalue weighted by Gasteiger charge is 2.13. The van der Waals surface area contributed by atoms with Crippen molar-refractivity contribution in [1.29, 1.82) is 0 Å². The first kappa shape index (κ1) is 13.9. The zero-order valence-electron chi connectivity index (χ0n) is 10.4. The Kier molecular flexibility index (Phi) is 4.42. The molecule has 5 heteroatoms. The average molecular weight is 255 g/mol. The molecule has 0 atom stereocenters. The van der Waals surface area contributed by atoms with Crippen LogP contribution in [-0.4, -0.2) is 23.7 Å². The third-order valence-corrected chi connectivity index (χ3v) is 3.15. The molecular formula is C12H17NO3S. The van der Waals surface area contributed by atoms with Gasteiger partial charge in [0.25, 0.3) is 0 Å². The molecule has 0 fully saturated rings. The second-order valence-corrected chi connectivity index (χ2v) is 5.47. The standard InChI is InChI=1S/C12H17NO3S/c1-12(2,3)13-17-10-6-5-8(11(14)15)7-9(10)16-4/h5-7,13H,1-4H3,(H,14,15). The van der Waals surface area contributed by atoms with Crippen molar-refractivity contribution in [3.05, 3.63) is 23.8 Å². The monoisotopic (exact) mass is 255 g/mol. The molecule has 0 radical (unpaired) electrons. The van der Waals surface area contributed by atoms with Crippen molar-refractivity contribution < 1.29 is 14.6 Å². The maximum absolute atomic E-state index is 10.8. The van der Waals surface area contributed by atoms with Gasteiger partial charge in [-0.15, -0.1) is 0 Å². The van der Waals surface area contributed by atoms with Gasteiger partial charge < -0.3 is 9.84 Å². The van der Waals surface area contributed by atoms with Crippen molar-refractivity contribution in [3.8, 4) is 5.75 Å². The lowest BCUT2D eigenvalue weighted by Crippen LogP contribution is -2.29. The maximum Gasteiger partial charge on any atom is 0.335 e. The molecule has 0 aliphatic rings. The summed E-state index contributed by atoms with van der Waals surface area (Å²) in [5.74, 6) is -0.393. The van der Waals surface area contributed by atoms with Crippen molar-refractivity contribution in [1.82, 2.24) is 4.72 Å². The van der Waals surface area contributed by atoms with E-state index in [2.05, 4.69) is 25.5 Å². The molecule has 0 bridgehead atoms. The van der Waals surface area contributed by atoms with Crippen LogP contribution >= 0.6 is 11.9 Å². The largest absolute Gasteiger partial charge is 0.496 e. The fourth-order valence-corrected chi connectivity index (χ4v) is 1.89. The fourth-order valence-electron chi connectivity index (χ4n) is 1.09. The van der Waals surface area contributed by atoms with Gasteiger partial charge in [0.1, 0.15) is 5.75 Å². The summed E-state index contributed by atoms with van der Waals surface area (Å²) >= 11 is 1.43. The van der Waals surface area contributed by atoms with Crippen molar-refractivity contribution in [2.24, 2.45) is 0 Å². The summed E-state index contributed by atoms with van der Waals surface area (Å²) in [5, 5.41) is 8.88. The highest BCUT2D eigenvalue weighted by molar-refractivity contribution is 7.97. The summed E-state index contributed by atoms with van der Waals surface area (Å²) in [5.41, 5.74) is 0.197. The summed E-state index contributed by atoms with van der Waals surface area (Å²) < 4.78 is 8.43. The van der Waals surface area contributed by atoms with Crippen LogP contribution in [0.5, 0.6) is 5.75 Å². The molecule has 17 heavy (non-hydrogen) atoms. The van der Waals surface area contributed by atoms with Crippen molar-refractivity contribution in [2.45, 2.75) is 31.2 Å². The van der Waals surface area contributed by atoms with E-state index in [0.717, 1.165) is 4.90 Å². The van der Waals surface area contributed by atoms with Gasteiger partial charge in [-0.25, -0.2) is 4.79 Å². The number of carboxylic acid groups (broad SMARTS) is 1. The fraction of sp³-hybridized carbons (Fsp3) is 0.417. The van der Waals surface area contributed by atoms with Crippen LogP contribution in [0.2, 0.25) is 0 Å². The van der Waals surface area contributed by atoms with Gasteiger partial charge in [-0.05, 0) is 50.9 Å². The van der Waals surface area contributed by atoms with Crippen LogP contribution < -0.4 is 9.46 Å². The molecule has 0 unspecified atom stereocenters. The molecule has 0 heterocycles. The van der Waals surface area contributed by atoms with Crippen LogP contribution in [0.1, 0.15) is 31.1 Å². The van der Waals surface area contributed by atoms with E-state index in [4.69, 9.17) is 9.84 Å². The van der Waals surface area contributed by atoms with Gasteiger partial charge in [-0.1, -0.05) is 0 Å². The summed E-state index contributed by atoms with van der Waals surface area (Å²) in [6, 6.07) is 4.83. The summed E-state index contributed by atoms with van der Waals surface area (Å²) in [7, 11) is 1.53. The topological polar surface area (TPSA) is 58.6 Å². The molecule has 4 nitrogen and oxygen atoms in total. The number of rotatable bonds is 4. The number of methoxy groups -OCH3 is 1. The minimum absolute atomic E-state index is 0.0266. The minimum Gasteiger partial charge on any atom is -0.496 e. The molecule has 0 spiro atoms. The first-order chi connectivity index (χ1) is 7.83. The predicted molar refractivity (Wildman–Crippen MR) is 68.7 cm³/mol. The minimum atomic E-state index is -0.955. The molecule has 0 aliphatic heterocycles. The third kappa shape index (κ3) is 4.28. The molecule has 1 rings (SSSR count). The quantitative estimate of drug-likeness (QED) is 0.810. The van der Waals surface area contributed by atoms with Gasteiger partial charge in [0.2, 0.25) is 0 Å². The number of hydrogen-bond acceptors (Lipinski definition) is 4. The first-order valence-electron chi connectivity index (χ1n) is 5.19. The van der Waals surface area contributed by atoms with E-state index in [1.165, 1.54) is 25.1 Å². The molecule has 0 aliphatic carbocycles. The number of carbonyl (C=O) groups is 1. The van der Waals surface area contributed by atoms with E-state index >= 15 is 0 Å². The zero-order valence-corrected chi connectivity index (χ0v) is 11.2. The Hall–Kier alpha value is -1.20. The van der Waals surface area contributed by atoms with Crippen molar-refractivity contribution >= 4 is 17.9 Å². The molecule has 0 aromatic heterocycles. The molecule has 1 aromatic carbocycles. The Balaban J connectivity index is 2.89. The Labute approximate surface area is 105 Å². The Morgan fingerprint density at radius 2 is 2.06 bits per heavy atom. The average Bonchev–Trinajstić information content (AvgIpc) is 2.24. The van der Waals surface area contributed by atoms with Crippen molar-refractivity contribution in [2.75, 3.05) is 7.11 Å². The lowest BCUT2D eigenvalue weighted by Gasteiger charge is -2.20. The van der Waals surface area contributed by atoms with Gasteiger partial charge >= 0.3 is 5.97 Å². The van der Waals surface area contributed by atoms with E-state index in [1.807, 2.05) is 0 Å². The molecule has 1 aromatic rings. The number of ether oxygens (including phenoxy) is 1. The second kappa shape index (κ2) is 5.42. The highest BCUT2D eigenvalue weighted by Crippen LogP contribution is 2.29. The number of benzene rings is 1. The highest BCUT2D eigenvalue weighted by atomic mass is 32.2. The molecule has 0 saturated carbocycles. The number of nitrogens with one attached hydrogen (secondary N) is 1. The summed E-state index contributed by atoms with van der Waals surface area (Å²) in [6.45, 7) is 6.16. The molecule has 94 valence electrons. The lowest BCUT2D eigenvalue weighted by molar-refractivity contribution is 0.0696. The summed E-state index contributed by atoms with van der Waals surface area (Å²) in [4.78, 5) is 11.7. The number of carboxylic acids is 1. The smallest absolute Gasteiger partial charge is 0.335 e. The molecular weight excluding hydrogens is 238 g/mol. The molecule has 0 saturated heterocycles. The maximum atomic E-state index is 10.8. The van der Waals surface area contributed by atoms with E-state index in [1.54, 1.807) is 12.1 Å². The Morgan fingerprint density at radius 3 is 2.53 bits per heavy atom.